The predicted molar refractivity (Wildman–Crippen MR) is 134 cm³/mol. The first-order chi connectivity index (χ1) is 16.5. The third-order valence-corrected chi connectivity index (χ3v) is 6.15. The zero-order chi connectivity index (χ0) is 24.5. The van der Waals surface area contributed by atoms with Gasteiger partial charge in [-0.15, -0.1) is 0 Å². The monoisotopic (exact) mass is 456 g/mol. The van der Waals surface area contributed by atoms with Crippen LogP contribution < -0.4 is 4.74 Å². The Morgan fingerprint density at radius 3 is 2.29 bits per heavy atom. The topological polar surface area (TPSA) is 70.4 Å². The molecule has 0 spiro atoms. The molecular formula is C29H32N2O3. The first kappa shape index (κ1) is 25.0. The Hall–Kier alpha value is -3.65. The highest BCUT2D eigenvalue weighted by Gasteiger charge is 2.38. The van der Waals surface area contributed by atoms with Gasteiger partial charge in [0.15, 0.2) is 0 Å². The van der Waals surface area contributed by atoms with E-state index in [1.165, 1.54) is 30.6 Å². The normalized spacial score (nSPS) is 16.1. The molecule has 0 saturated heterocycles. The molecule has 0 aliphatic carbocycles. The second kappa shape index (κ2) is 12.0. The van der Waals surface area contributed by atoms with Crippen LogP contribution in [0.25, 0.3) is 6.08 Å². The molecule has 5 heteroatoms. The van der Waals surface area contributed by atoms with Crippen molar-refractivity contribution in [2.75, 3.05) is 6.61 Å². The zero-order valence-corrected chi connectivity index (χ0v) is 20.2. The van der Waals surface area contributed by atoms with Crippen LogP contribution in [0.15, 0.2) is 71.3 Å². The Morgan fingerprint density at radius 2 is 1.65 bits per heavy atom. The van der Waals surface area contributed by atoms with Gasteiger partial charge in [0.05, 0.1) is 12.6 Å². The molecule has 0 bridgehead atoms. The van der Waals surface area contributed by atoms with E-state index in [1.54, 1.807) is 19.9 Å². The molecule has 5 nitrogen and oxygen atoms in total. The van der Waals surface area contributed by atoms with Crippen molar-refractivity contribution in [3.05, 3.63) is 82.4 Å². The number of benzene rings is 2. The quantitative estimate of drug-likeness (QED) is 0.236. The van der Waals surface area contributed by atoms with Crippen molar-refractivity contribution in [3.63, 3.8) is 0 Å². The standard InChI is InChI=1S/C29H32N2O3/c1-4-5-6-7-11-18-34-25-16-14-23(15-17-25)19-26-21(2)27(20-30)29(33)31(28(26)32)22(3)24-12-9-8-10-13-24/h8-10,12-17,19,22H,4-7,11,18H2,1-3H3/b26-19+. The molecule has 0 fully saturated rings. The maximum atomic E-state index is 13.4. The van der Waals surface area contributed by atoms with Crippen LogP contribution in [0.1, 0.15) is 70.0 Å². The summed E-state index contributed by atoms with van der Waals surface area (Å²) in [5, 5.41) is 9.65. The summed E-state index contributed by atoms with van der Waals surface area (Å²) >= 11 is 0. The van der Waals surface area contributed by atoms with Gasteiger partial charge in [0, 0.05) is 5.57 Å². The van der Waals surface area contributed by atoms with E-state index in [0.717, 1.165) is 23.3 Å². The molecule has 1 aliphatic heterocycles. The molecule has 0 aromatic heterocycles. The van der Waals surface area contributed by atoms with E-state index in [1.807, 2.05) is 60.7 Å². The fourth-order valence-electron chi connectivity index (χ4n) is 4.05. The number of rotatable bonds is 10. The summed E-state index contributed by atoms with van der Waals surface area (Å²) in [6.07, 6.45) is 7.66. The van der Waals surface area contributed by atoms with Crippen molar-refractivity contribution in [1.82, 2.24) is 4.90 Å². The smallest absolute Gasteiger partial charge is 0.272 e. The molecule has 1 aliphatic rings. The van der Waals surface area contributed by atoms with Crippen molar-refractivity contribution in [3.8, 4) is 11.8 Å². The van der Waals surface area contributed by atoms with E-state index >= 15 is 0 Å². The van der Waals surface area contributed by atoms with Gasteiger partial charge in [-0.05, 0) is 55.2 Å². The van der Waals surface area contributed by atoms with Gasteiger partial charge in [0.2, 0.25) is 0 Å². The van der Waals surface area contributed by atoms with Gasteiger partial charge in [0.1, 0.15) is 17.4 Å². The van der Waals surface area contributed by atoms with Gasteiger partial charge >= 0.3 is 0 Å². The van der Waals surface area contributed by atoms with Gasteiger partial charge in [0.25, 0.3) is 11.8 Å². The molecule has 0 radical (unpaired) electrons. The number of amides is 2. The Kier molecular flexibility index (Phi) is 8.81. The highest BCUT2D eigenvalue weighted by molar-refractivity contribution is 6.19. The van der Waals surface area contributed by atoms with Crippen LogP contribution in [0.2, 0.25) is 0 Å². The number of ether oxygens (including phenoxy) is 1. The van der Waals surface area contributed by atoms with E-state index in [0.29, 0.717) is 17.8 Å². The number of carbonyl (C=O) groups is 2. The zero-order valence-electron chi connectivity index (χ0n) is 20.2. The molecule has 176 valence electrons. The van der Waals surface area contributed by atoms with E-state index in [4.69, 9.17) is 4.74 Å². The molecule has 0 N–H and O–H groups in total. The van der Waals surface area contributed by atoms with Gasteiger partial charge in [-0.1, -0.05) is 75.1 Å². The second-order valence-electron chi connectivity index (χ2n) is 8.57. The van der Waals surface area contributed by atoms with Crippen LogP contribution in [0.3, 0.4) is 0 Å². The number of hydrogen-bond donors (Lipinski definition) is 0. The van der Waals surface area contributed by atoms with Crippen molar-refractivity contribution in [1.29, 1.82) is 5.26 Å². The average molecular weight is 457 g/mol. The average Bonchev–Trinajstić information content (AvgIpc) is 2.85. The number of hydrogen-bond acceptors (Lipinski definition) is 4. The van der Waals surface area contributed by atoms with Crippen LogP contribution in [-0.4, -0.2) is 23.3 Å². The summed E-state index contributed by atoms with van der Waals surface area (Å²) < 4.78 is 5.83. The molecule has 1 atom stereocenters. The lowest BCUT2D eigenvalue weighted by atomic mass is 9.91. The SMILES string of the molecule is CCCCCCCOc1ccc(/C=C2/C(=O)N(C(C)c3ccccc3)C(=O)C(C#N)=C2C)cc1. The first-order valence-corrected chi connectivity index (χ1v) is 12.0. The van der Waals surface area contributed by atoms with Crippen LogP contribution >= 0.6 is 0 Å². The van der Waals surface area contributed by atoms with Gasteiger partial charge in [-0.25, -0.2) is 0 Å². The van der Waals surface area contributed by atoms with E-state index in [2.05, 4.69) is 6.92 Å². The lowest BCUT2D eigenvalue weighted by molar-refractivity contribution is -0.143. The van der Waals surface area contributed by atoms with Crippen molar-refractivity contribution >= 4 is 17.9 Å². The molecule has 1 heterocycles. The molecule has 0 saturated carbocycles. The molecule has 2 amide bonds. The molecule has 2 aromatic carbocycles. The Labute approximate surface area is 202 Å². The van der Waals surface area contributed by atoms with E-state index in [9.17, 15) is 14.9 Å². The van der Waals surface area contributed by atoms with Crippen molar-refractivity contribution in [2.24, 2.45) is 0 Å². The lowest BCUT2D eigenvalue weighted by Crippen LogP contribution is -2.44. The predicted octanol–water partition coefficient (Wildman–Crippen LogP) is 6.39. The Bertz CT molecular complexity index is 1110. The Balaban J connectivity index is 1.80. The van der Waals surface area contributed by atoms with Gasteiger partial charge < -0.3 is 4.74 Å². The minimum Gasteiger partial charge on any atom is -0.494 e. The summed E-state index contributed by atoms with van der Waals surface area (Å²) in [6.45, 7) is 6.34. The van der Waals surface area contributed by atoms with E-state index < -0.39 is 17.9 Å². The van der Waals surface area contributed by atoms with Crippen LogP contribution in [0.5, 0.6) is 5.75 Å². The van der Waals surface area contributed by atoms with Crippen molar-refractivity contribution < 1.29 is 14.3 Å². The molecular weight excluding hydrogens is 424 g/mol. The number of unbranched alkanes of at least 4 members (excludes halogenated alkanes) is 4. The minimum atomic E-state index is -0.554. The Morgan fingerprint density at radius 1 is 0.971 bits per heavy atom. The summed E-state index contributed by atoms with van der Waals surface area (Å²) in [7, 11) is 0. The highest BCUT2D eigenvalue weighted by atomic mass is 16.5. The highest BCUT2D eigenvalue weighted by Crippen LogP contribution is 2.33. The summed E-state index contributed by atoms with van der Waals surface area (Å²) in [6, 6.07) is 18.4. The maximum Gasteiger partial charge on any atom is 0.272 e. The summed E-state index contributed by atoms with van der Waals surface area (Å²) in [5.41, 5.74) is 2.38. The van der Waals surface area contributed by atoms with Crippen LogP contribution in [0, 0.1) is 11.3 Å². The first-order valence-electron chi connectivity index (χ1n) is 12.0. The molecule has 3 rings (SSSR count). The number of nitriles is 1. The fourth-order valence-corrected chi connectivity index (χ4v) is 4.05. The van der Waals surface area contributed by atoms with Gasteiger partial charge in [-0.2, -0.15) is 5.26 Å². The number of nitrogens with zero attached hydrogens (tertiary/aromatic N) is 2. The summed E-state index contributed by atoms with van der Waals surface area (Å²) in [5.74, 6) is -0.168. The summed E-state index contributed by atoms with van der Waals surface area (Å²) in [4.78, 5) is 27.6. The third kappa shape index (κ3) is 5.82. The van der Waals surface area contributed by atoms with Crippen LogP contribution in [0.4, 0.5) is 0 Å². The minimum absolute atomic E-state index is 0.00309. The maximum absolute atomic E-state index is 13.4. The molecule has 1 unspecified atom stereocenters. The number of carbonyl (C=O) groups excluding carboxylic acids is 2. The number of imide groups is 1. The van der Waals surface area contributed by atoms with E-state index in [-0.39, 0.29) is 5.57 Å². The third-order valence-electron chi connectivity index (χ3n) is 6.15. The fraction of sp³-hybridized carbons (Fsp3) is 0.345. The van der Waals surface area contributed by atoms with Crippen LogP contribution in [-0.2, 0) is 9.59 Å². The molecule has 34 heavy (non-hydrogen) atoms. The molecule has 2 aromatic rings. The largest absolute Gasteiger partial charge is 0.494 e. The second-order valence-corrected chi connectivity index (χ2v) is 8.57. The lowest BCUT2D eigenvalue weighted by Gasteiger charge is -2.32. The van der Waals surface area contributed by atoms with Gasteiger partial charge in [-0.3, -0.25) is 14.5 Å². The van der Waals surface area contributed by atoms with Crippen molar-refractivity contribution in [2.45, 2.75) is 58.9 Å².